The number of nitrogens with two attached hydrogens (primary N) is 1. The SMILES string of the molecule is C=C(C)C(=O)OOOC(=O)C(=C)C.CCOC(N)=O. The van der Waals surface area contributed by atoms with Gasteiger partial charge in [0.2, 0.25) is 0 Å². The van der Waals surface area contributed by atoms with Gasteiger partial charge in [-0.25, -0.2) is 14.4 Å². The predicted octanol–water partition coefficient (Wildman–Crippen LogP) is 1.17. The highest BCUT2D eigenvalue weighted by molar-refractivity contribution is 5.87. The Labute approximate surface area is 110 Å². The van der Waals surface area contributed by atoms with Gasteiger partial charge in [-0.15, -0.1) is 0 Å². The van der Waals surface area contributed by atoms with Crippen LogP contribution in [0.5, 0.6) is 0 Å². The van der Waals surface area contributed by atoms with Crippen molar-refractivity contribution in [1.29, 1.82) is 0 Å². The summed E-state index contributed by atoms with van der Waals surface area (Å²) in [5.41, 5.74) is 4.80. The fourth-order valence-electron chi connectivity index (χ4n) is 0.363. The van der Waals surface area contributed by atoms with E-state index in [1.54, 1.807) is 6.92 Å². The molecule has 19 heavy (non-hydrogen) atoms. The van der Waals surface area contributed by atoms with E-state index in [1.165, 1.54) is 13.8 Å². The lowest BCUT2D eigenvalue weighted by molar-refractivity contribution is -0.456. The molecule has 0 atom stereocenters. The van der Waals surface area contributed by atoms with Gasteiger partial charge in [0.05, 0.1) is 6.61 Å². The number of hydrogen-bond acceptors (Lipinski definition) is 7. The van der Waals surface area contributed by atoms with Crippen molar-refractivity contribution in [2.45, 2.75) is 20.8 Å². The third-order valence-electron chi connectivity index (χ3n) is 1.20. The normalized spacial score (nSPS) is 8.37. The second kappa shape index (κ2) is 10.8. The van der Waals surface area contributed by atoms with Crippen LogP contribution in [0.4, 0.5) is 4.79 Å². The van der Waals surface area contributed by atoms with Crippen LogP contribution in [0.25, 0.3) is 0 Å². The van der Waals surface area contributed by atoms with Crippen LogP contribution in [0.1, 0.15) is 20.8 Å². The van der Waals surface area contributed by atoms with E-state index in [-0.39, 0.29) is 11.1 Å². The molecule has 0 aromatic rings. The maximum Gasteiger partial charge on any atom is 0.404 e. The molecule has 0 aliphatic heterocycles. The monoisotopic (exact) mass is 275 g/mol. The maximum atomic E-state index is 10.6. The highest BCUT2D eigenvalue weighted by atomic mass is 17.5. The van der Waals surface area contributed by atoms with Gasteiger partial charge in [0.1, 0.15) is 0 Å². The molecular weight excluding hydrogens is 258 g/mol. The molecule has 2 N–H and O–H groups in total. The number of hydrogen-bond donors (Lipinski definition) is 1. The standard InChI is InChI=1S/C8H10O5.C3H7NO2/c1-5(2)7(9)11-13-12-8(10)6(3)4;1-2-6-3(4)5/h1,3H2,2,4H3;2H2,1H3,(H2,4,5). The van der Waals surface area contributed by atoms with Crippen molar-refractivity contribution in [3.63, 3.8) is 0 Å². The molecule has 0 rings (SSSR count). The lowest BCUT2D eigenvalue weighted by Crippen LogP contribution is -2.11. The van der Waals surface area contributed by atoms with E-state index in [4.69, 9.17) is 0 Å². The average molecular weight is 275 g/mol. The van der Waals surface area contributed by atoms with Crippen LogP contribution in [0, 0.1) is 0 Å². The first-order valence-electron chi connectivity index (χ1n) is 5.05. The summed E-state index contributed by atoms with van der Waals surface area (Å²) in [5.74, 6) is -1.62. The summed E-state index contributed by atoms with van der Waals surface area (Å²) in [6, 6.07) is 0. The van der Waals surface area contributed by atoms with Crippen LogP contribution >= 0.6 is 0 Å². The first-order valence-corrected chi connectivity index (χ1v) is 5.05. The van der Waals surface area contributed by atoms with E-state index in [1.807, 2.05) is 0 Å². The van der Waals surface area contributed by atoms with Gasteiger partial charge in [-0.1, -0.05) is 13.2 Å². The Morgan fingerprint density at radius 2 is 1.37 bits per heavy atom. The van der Waals surface area contributed by atoms with Gasteiger partial charge in [-0.05, 0) is 20.8 Å². The molecule has 0 unspecified atom stereocenters. The molecule has 0 bridgehead atoms. The zero-order chi connectivity index (χ0) is 15.4. The molecule has 0 heterocycles. The molecule has 0 aromatic carbocycles. The summed E-state index contributed by atoms with van der Waals surface area (Å²) < 4.78 is 4.18. The average Bonchev–Trinajstić information content (AvgIpc) is 2.28. The number of primary amides is 1. The summed E-state index contributed by atoms with van der Waals surface area (Å²) in [5, 5.41) is 3.86. The zero-order valence-corrected chi connectivity index (χ0v) is 11.1. The van der Waals surface area contributed by atoms with Crippen molar-refractivity contribution in [1.82, 2.24) is 0 Å². The van der Waals surface area contributed by atoms with Crippen LogP contribution < -0.4 is 5.73 Å². The Morgan fingerprint density at radius 3 is 1.53 bits per heavy atom. The topological polar surface area (TPSA) is 114 Å². The van der Waals surface area contributed by atoms with E-state index in [9.17, 15) is 14.4 Å². The van der Waals surface area contributed by atoms with Crippen LogP contribution in [0.3, 0.4) is 0 Å². The molecule has 1 amide bonds. The lowest BCUT2D eigenvalue weighted by Gasteiger charge is -2.00. The van der Waals surface area contributed by atoms with Crippen LogP contribution in [-0.2, 0) is 29.1 Å². The Balaban J connectivity index is 0. The van der Waals surface area contributed by atoms with E-state index in [2.05, 4.69) is 38.4 Å². The van der Waals surface area contributed by atoms with Crippen molar-refractivity contribution in [3.05, 3.63) is 24.3 Å². The number of amides is 1. The molecule has 0 aliphatic rings. The van der Waals surface area contributed by atoms with Crippen molar-refractivity contribution in [2.75, 3.05) is 6.61 Å². The fraction of sp³-hybridized carbons (Fsp3) is 0.364. The summed E-state index contributed by atoms with van der Waals surface area (Å²) >= 11 is 0. The first kappa shape index (κ1) is 19.0. The second-order valence-electron chi connectivity index (χ2n) is 3.12. The van der Waals surface area contributed by atoms with Crippen molar-refractivity contribution < 1.29 is 33.9 Å². The second-order valence-corrected chi connectivity index (χ2v) is 3.12. The van der Waals surface area contributed by atoms with Gasteiger partial charge in [-0.3, -0.25) is 9.78 Å². The van der Waals surface area contributed by atoms with Gasteiger partial charge in [0, 0.05) is 16.2 Å². The minimum Gasteiger partial charge on any atom is -0.450 e. The maximum absolute atomic E-state index is 10.6. The fourth-order valence-corrected chi connectivity index (χ4v) is 0.363. The molecule has 0 spiro atoms. The Bertz CT molecular complexity index is 336. The van der Waals surface area contributed by atoms with Crippen molar-refractivity contribution in [3.8, 4) is 0 Å². The Kier molecular flexibility index (Phi) is 10.8. The summed E-state index contributed by atoms with van der Waals surface area (Å²) in [6.45, 7) is 11.5. The highest BCUT2D eigenvalue weighted by Gasteiger charge is 2.08. The van der Waals surface area contributed by atoms with Crippen LogP contribution in [0.2, 0.25) is 0 Å². The van der Waals surface area contributed by atoms with E-state index >= 15 is 0 Å². The molecule has 8 nitrogen and oxygen atoms in total. The minimum atomic E-state index is -0.811. The van der Waals surface area contributed by atoms with Crippen LogP contribution in [-0.4, -0.2) is 24.6 Å². The van der Waals surface area contributed by atoms with Gasteiger partial charge in [0.15, 0.2) is 0 Å². The highest BCUT2D eigenvalue weighted by Crippen LogP contribution is 1.96. The third kappa shape index (κ3) is 13.6. The molecule has 0 aromatic heterocycles. The Morgan fingerprint density at radius 1 is 1.00 bits per heavy atom. The van der Waals surface area contributed by atoms with Crippen LogP contribution in [0.15, 0.2) is 24.3 Å². The van der Waals surface area contributed by atoms with Gasteiger partial charge in [0.25, 0.3) is 0 Å². The largest absolute Gasteiger partial charge is 0.450 e. The molecule has 0 saturated heterocycles. The molecule has 8 heteroatoms. The smallest absolute Gasteiger partial charge is 0.404 e. The molecule has 108 valence electrons. The van der Waals surface area contributed by atoms with Crippen molar-refractivity contribution in [2.24, 2.45) is 5.73 Å². The first-order chi connectivity index (χ1) is 8.72. The summed E-state index contributed by atoms with van der Waals surface area (Å²) in [7, 11) is 0. The minimum absolute atomic E-state index is 0.131. The zero-order valence-electron chi connectivity index (χ0n) is 11.1. The summed E-state index contributed by atoms with van der Waals surface area (Å²) in [4.78, 5) is 38.9. The van der Waals surface area contributed by atoms with Gasteiger partial charge < -0.3 is 10.5 Å². The van der Waals surface area contributed by atoms with Gasteiger partial charge in [-0.2, -0.15) is 0 Å². The van der Waals surface area contributed by atoms with Crippen molar-refractivity contribution >= 4 is 18.0 Å². The van der Waals surface area contributed by atoms with Gasteiger partial charge >= 0.3 is 18.0 Å². The molecule has 0 radical (unpaired) electrons. The quantitative estimate of drug-likeness (QED) is 0.455. The number of ether oxygens (including phenoxy) is 1. The number of carbonyl (C=O) groups excluding carboxylic acids is 3. The molecule has 0 aliphatic carbocycles. The molecule has 0 saturated carbocycles. The lowest BCUT2D eigenvalue weighted by atomic mass is 10.4. The number of carbonyl (C=O) groups is 3. The van der Waals surface area contributed by atoms with E-state index in [0.717, 1.165) is 0 Å². The number of rotatable bonds is 5. The summed E-state index contributed by atoms with van der Waals surface area (Å²) in [6.07, 6.45) is -0.711. The third-order valence-corrected chi connectivity index (χ3v) is 1.20. The molecular formula is C11H17NO7. The molecule has 0 fully saturated rings. The Hall–Kier alpha value is -2.35. The predicted molar refractivity (Wildman–Crippen MR) is 64.1 cm³/mol. The van der Waals surface area contributed by atoms with E-state index < -0.39 is 18.0 Å². The van der Waals surface area contributed by atoms with E-state index in [0.29, 0.717) is 6.61 Å².